The fraction of sp³-hybridized carbons (Fsp3) is 0.148. The number of carboxylic acids is 1. The second-order valence-corrected chi connectivity index (χ2v) is 8.24. The average molecular weight is 476 g/mol. The van der Waals surface area contributed by atoms with Crippen LogP contribution >= 0.6 is 0 Å². The van der Waals surface area contributed by atoms with Crippen molar-refractivity contribution >= 4 is 28.2 Å². The maximum absolute atomic E-state index is 11.3. The molecule has 1 aliphatic rings. The molecule has 0 saturated carbocycles. The van der Waals surface area contributed by atoms with Gasteiger partial charge in [-0.3, -0.25) is 0 Å². The third kappa shape index (κ3) is 4.00. The summed E-state index contributed by atoms with van der Waals surface area (Å²) in [4.78, 5) is 27.1. The summed E-state index contributed by atoms with van der Waals surface area (Å²) < 4.78 is 7.25. The number of aromatic carboxylic acids is 1. The first kappa shape index (κ1) is 21.7. The van der Waals surface area contributed by atoms with Gasteiger partial charge >= 0.3 is 5.97 Å². The molecule has 4 aromatic heterocycles. The summed E-state index contributed by atoms with van der Waals surface area (Å²) in [7, 11) is 0. The first-order valence-corrected chi connectivity index (χ1v) is 11.5. The number of anilines is 1. The van der Waals surface area contributed by atoms with E-state index < -0.39 is 5.97 Å². The molecule has 9 nitrogen and oxygen atoms in total. The fourth-order valence-corrected chi connectivity index (χ4v) is 4.25. The Balaban J connectivity index is 1.51. The van der Waals surface area contributed by atoms with Gasteiger partial charge < -0.3 is 14.7 Å². The molecule has 176 valence electrons. The number of rotatable bonds is 3. The zero-order chi connectivity index (χ0) is 24.5. The van der Waals surface area contributed by atoms with E-state index in [0.29, 0.717) is 41.5 Å². The number of hydrogen-bond acceptors (Lipinski definition) is 7. The summed E-state index contributed by atoms with van der Waals surface area (Å²) in [6, 6.07) is 16.8. The summed E-state index contributed by atoms with van der Waals surface area (Å²) in [6.07, 6.45) is 3.24. The number of morpholine rings is 1. The lowest BCUT2D eigenvalue weighted by Gasteiger charge is -2.28. The minimum Gasteiger partial charge on any atom is -0.477 e. The van der Waals surface area contributed by atoms with Gasteiger partial charge in [-0.05, 0) is 42.2 Å². The highest BCUT2D eigenvalue weighted by Gasteiger charge is 2.21. The van der Waals surface area contributed by atoms with E-state index >= 15 is 0 Å². The van der Waals surface area contributed by atoms with Crippen LogP contribution in [-0.4, -0.2) is 61.9 Å². The van der Waals surface area contributed by atoms with E-state index in [1.807, 2.05) is 42.5 Å². The summed E-state index contributed by atoms with van der Waals surface area (Å²) in [6.45, 7) is 2.78. The Morgan fingerprint density at radius 2 is 1.83 bits per heavy atom. The number of carbonyl (C=O) groups is 1. The van der Waals surface area contributed by atoms with Crippen LogP contribution in [0.4, 0.5) is 5.69 Å². The van der Waals surface area contributed by atoms with Crippen LogP contribution in [0.5, 0.6) is 0 Å². The molecule has 6 rings (SSSR count). The second kappa shape index (κ2) is 9.09. The van der Waals surface area contributed by atoms with Gasteiger partial charge in [-0.25, -0.2) is 24.3 Å². The zero-order valence-corrected chi connectivity index (χ0v) is 19.1. The van der Waals surface area contributed by atoms with Crippen molar-refractivity contribution in [1.29, 1.82) is 0 Å². The minimum absolute atomic E-state index is 0.0393. The molecule has 36 heavy (non-hydrogen) atoms. The number of fused-ring (bicyclic) bond motifs is 2. The first-order chi connectivity index (χ1) is 17.7. The third-order valence-electron chi connectivity index (χ3n) is 6.01. The van der Waals surface area contributed by atoms with Gasteiger partial charge in [-0.2, -0.15) is 5.10 Å². The van der Waals surface area contributed by atoms with Crippen LogP contribution in [0.3, 0.4) is 0 Å². The minimum atomic E-state index is -1.09. The third-order valence-corrected chi connectivity index (χ3v) is 6.01. The van der Waals surface area contributed by atoms with Crippen molar-refractivity contribution in [3.63, 3.8) is 0 Å². The normalized spacial score (nSPS) is 13.5. The van der Waals surface area contributed by atoms with E-state index in [2.05, 4.69) is 31.8 Å². The number of para-hydroxylation sites is 1. The molecule has 0 aliphatic carbocycles. The van der Waals surface area contributed by atoms with E-state index in [1.54, 1.807) is 16.8 Å². The van der Waals surface area contributed by atoms with Gasteiger partial charge in [-0.15, -0.1) is 0 Å². The van der Waals surface area contributed by atoms with Crippen LogP contribution in [0.2, 0.25) is 0 Å². The molecule has 0 radical (unpaired) electrons. The number of hydrogen-bond donors (Lipinski definition) is 1. The summed E-state index contributed by atoms with van der Waals surface area (Å²) >= 11 is 0. The highest BCUT2D eigenvalue weighted by Crippen LogP contribution is 2.29. The number of carboxylic acid groups (broad SMARTS) is 1. The Morgan fingerprint density at radius 3 is 2.64 bits per heavy atom. The molecule has 1 aliphatic heterocycles. The van der Waals surface area contributed by atoms with Crippen molar-refractivity contribution in [3.8, 4) is 23.1 Å². The molecule has 0 spiro atoms. The average Bonchev–Trinajstić information content (AvgIpc) is 3.31. The topological polar surface area (TPSA) is 106 Å². The largest absolute Gasteiger partial charge is 0.477 e. The van der Waals surface area contributed by atoms with E-state index in [4.69, 9.17) is 9.72 Å². The van der Waals surface area contributed by atoms with Gasteiger partial charge in [0, 0.05) is 30.2 Å². The van der Waals surface area contributed by atoms with Crippen LogP contribution < -0.4 is 4.90 Å². The number of ether oxygens (including phenoxy) is 1. The Bertz CT molecular complexity index is 1660. The van der Waals surface area contributed by atoms with Crippen molar-refractivity contribution in [3.05, 3.63) is 84.1 Å². The summed E-state index contributed by atoms with van der Waals surface area (Å²) in [5, 5.41) is 14.9. The van der Waals surface area contributed by atoms with E-state index in [0.717, 1.165) is 29.7 Å². The Kier molecular flexibility index (Phi) is 5.48. The van der Waals surface area contributed by atoms with Gasteiger partial charge in [0.15, 0.2) is 5.65 Å². The Labute approximate surface area is 206 Å². The summed E-state index contributed by atoms with van der Waals surface area (Å²) in [5.41, 5.74) is 4.84. The lowest BCUT2D eigenvalue weighted by molar-refractivity contribution is 0.0690. The van der Waals surface area contributed by atoms with Gasteiger partial charge in [0.1, 0.15) is 22.8 Å². The van der Waals surface area contributed by atoms with Crippen LogP contribution in [0.15, 0.2) is 67.0 Å². The predicted octanol–water partition coefficient (Wildman–Crippen LogP) is 3.27. The number of nitrogens with zero attached hydrogens (tertiary/aromatic N) is 6. The first-order valence-electron chi connectivity index (χ1n) is 11.5. The van der Waals surface area contributed by atoms with Gasteiger partial charge in [0.25, 0.3) is 0 Å². The SMILES string of the molecule is O=C(O)c1ccc(-c2c(C#Cc3ccc4ccccc4n3)nc3c(N4CCOCC4)ccnn23)cn1. The zero-order valence-electron chi connectivity index (χ0n) is 19.1. The lowest BCUT2D eigenvalue weighted by Crippen LogP contribution is -2.36. The highest BCUT2D eigenvalue weighted by atomic mass is 16.5. The van der Waals surface area contributed by atoms with Gasteiger partial charge in [-0.1, -0.05) is 24.3 Å². The molecule has 1 N–H and O–H groups in total. The molecule has 0 atom stereocenters. The molecular weight excluding hydrogens is 456 g/mol. The molecule has 1 saturated heterocycles. The monoisotopic (exact) mass is 476 g/mol. The molecule has 0 bridgehead atoms. The van der Waals surface area contributed by atoms with Crippen LogP contribution in [0, 0.1) is 11.8 Å². The second-order valence-electron chi connectivity index (χ2n) is 8.24. The molecule has 0 unspecified atom stereocenters. The quantitative estimate of drug-likeness (QED) is 0.396. The van der Waals surface area contributed by atoms with Crippen molar-refractivity contribution in [2.24, 2.45) is 0 Å². The highest BCUT2D eigenvalue weighted by molar-refractivity contribution is 5.86. The molecular formula is C27H20N6O3. The van der Waals surface area contributed by atoms with Crippen LogP contribution in [0.1, 0.15) is 21.9 Å². The van der Waals surface area contributed by atoms with E-state index in [9.17, 15) is 9.90 Å². The van der Waals surface area contributed by atoms with E-state index in [1.165, 1.54) is 12.3 Å². The lowest BCUT2D eigenvalue weighted by atomic mass is 10.1. The number of pyridine rings is 2. The Hall–Kier alpha value is -4.81. The predicted molar refractivity (Wildman–Crippen MR) is 134 cm³/mol. The number of aromatic nitrogens is 5. The fourth-order valence-electron chi connectivity index (χ4n) is 4.25. The summed E-state index contributed by atoms with van der Waals surface area (Å²) in [5.74, 6) is 5.23. The van der Waals surface area contributed by atoms with Crippen molar-refractivity contribution < 1.29 is 14.6 Å². The van der Waals surface area contributed by atoms with Gasteiger partial charge in [0.05, 0.1) is 30.6 Å². The maximum atomic E-state index is 11.3. The van der Waals surface area contributed by atoms with Crippen molar-refractivity contribution in [2.75, 3.05) is 31.2 Å². The van der Waals surface area contributed by atoms with Gasteiger partial charge in [0.2, 0.25) is 0 Å². The van der Waals surface area contributed by atoms with E-state index in [-0.39, 0.29) is 5.69 Å². The molecule has 0 amide bonds. The van der Waals surface area contributed by atoms with Crippen molar-refractivity contribution in [2.45, 2.75) is 0 Å². The molecule has 9 heteroatoms. The molecule has 5 aromatic rings. The molecule has 1 fully saturated rings. The number of benzene rings is 1. The molecule has 1 aromatic carbocycles. The maximum Gasteiger partial charge on any atom is 0.354 e. The number of imidazole rings is 1. The van der Waals surface area contributed by atoms with Crippen molar-refractivity contribution in [1.82, 2.24) is 24.6 Å². The standard InChI is InChI=1S/C27H20N6O3/c34-27(35)23-9-6-19(17-28-23)25-22(10-8-20-7-5-18-3-1-2-4-21(18)30-20)31-26-24(11-12-29-33(25)26)32-13-15-36-16-14-32/h1-7,9,11-12,17H,13-16H2,(H,34,35). The Morgan fingerprint density at radius 1 is 0.972 bits per heavy atom. The molecule has 5 heterocycles. The smallest absolute Gasteiger partial charge is 0.354 e. The van der Waals surface area contributed by atoms with Crippen LogP contribution in [-0.2, 0) is 4.74 Å². The van der Waals surface area contributed by atoms with Crippen LogP contribution in [0.25, 0.3) is 27.8 Å².